The first kappa shape index (κ1) is 16.4. The van der Waals surface area contributed by atoms with Gasteiger partial charge < -0.3 is 10.2 Å². The summed E-state index contributed by atoms with van der Waals surface area (Å²) in [7, 11) is 0. The summed E-state index contributed by atoms with van der Waals surface area (Å²) in [6.45, 7) is 7.08. The number of hydrogen-bond donors (Lipinski definition) is 2. The highest BCUT2D eigenvalue weighted by atomic mass is 16.3. The Morgan fingerprint density at radius 1 is 0.870 bits per heavy atom. The van der Waals surface area contributed by atoms with Gasteiger partial charge in [-0.05, 0) is 105 Å². The summed E-state index contributed by atoms with van der Waals surface area (Å²) in [6, 6.07) is 0. The van der Waals surface area contributed by atoms with Crippen LogP contribution in [0.5, 0.6) is 0 Å². The molecular formula is C21H36O2. The summed E-state index contributed by atoms with van der Waals surface area (Å²) < 4.78 is 0. The number of aliphatic hydroxyl groups excluding tert-OH is 2. The molecule has 4 aliphatic rings. The molecular weight excluding hydrogens is 284 g/mol. The summed E-state index contributed by atoms with van der Waals surface area (Å²) in [5.74, 6) is 3.87. The normalized spacial score (nSPS) is 57.3. The third-order valence-corrected chi connectivity index (χ3v) is 9.29. The van der Waals surface area contributed by atoms with Gasteiger partial charge >= 0.3 is 0 Å². The van der Waals surface area contributed by atoms with Gasteiger partial charge in [-0.3, -0.25) is 0 Å². The van der Waals surface area contributed by atoms with Gasteiger partial charge in [-0.25, -0.2) is 0 Å². The molecule has 0 aliphatic heterocycles. The van der Waals surface area contributed by atoms with Crippen molar-refractivity contribution in [2.24, 2.45) is 40.4 Å². The van der Waals surface area contributed by atoms with E-state index in [2.05, 4.69) is 13.8 Å². The molecule has 0 amide bonds. The minimum absolute atomic E-state index is 0.0374. The van der Waals surface area contributed by atoms with Gasteiger partial charge in [-0.1, -0.05) is 13.8 Å². The molecule has 0 bridgehead atoms. The Balaban J connectivity index is 1.60. The van der Waals surface area contributed by atoms with Gasteiger partial charge in [0.15, 0.2) is 0 Å². The van der Waals surface area contributed by atoms with Crippen LogP contribution in [0, 0.1) is 40.4 Å². The Hall–Kier alpha value is -0.0800. The molecule has 0 aromatic carbocycles. The zero-order valence-electron chi connectivity index (χ0n) is 15.3. The maximum atomic E-state index is 10.3. The summed E-state index contributed by atoms with van der Waals surface area (Å²) in [4.78, 5) is 0. The zero-order valence-corrected chi connectivity index (χ0v) is 15.3. The van der Waals surface area contributed by atoms with Crippen LogP contribution in [0.3, 0.4) is 0 Å². The van der Waals surface area contributed by atoms with Crippen molar-refractivity contribution in [2.75, 3.05) is 0 Å². The highest BCUT2D eigenvalue weighted by Gasteiger charge is 2.60. The van der Waals surface area contributed by atoms with Crippen LogP contribution < -0.4 is 0 Å². The lowest BCUT2D eigenvalue weighted by Crippen LogP contribution is -2.54. The van der Waals surface area contributed by atoms with Crippen molar-refractivity contribution in [1.82, 2.24) is 0 Å². The Labute approximate surface area is 142 Å². The number of aliphatic hydroxyl groups is 2. The van der Waals surface area contributed by atoms with E-state index in [4.69, 9.17) is 0 Å². The van der Waals surface area contributed by atoms with Gasteiger partial charge in [0.1, 0.15) is 0 Å². The Morgan fingerprint density at radius 3 is 2.30 bits per heavy atom. The molecule has 0 aromatic rings. The van der Waals surface area contributed by atoms with E-state index in [0.717, 1.165) is 36.5 Å². The van der Waals surface area contributed by atoms with E-state index in [-0.39, 0.29) is 12.2 Å². The molecule has 4 saturated carbocycles. The fourth-order valence-electron chi connectivity index (χ4n) is 8.07. The van der Waals surface area contributed by atoms with Crippen LogP contribution in [-0.2, 0) is 0 Å². The number of hydrogen-bond acceptors (Lipinski definition) is 2. The van der Waals surface area contributed by atoms with Gasteiger partial charge in [0.25, 0.3) is 0 Å². The van der Waals surface area contributed by atoms with Crippen molar-refractivity contribution >= 4 is 0 Å². The minimum Gasteiger partial charge on any atom is -0.393 e. The third kappa shape index (κ3) is 2.27. The van der Waals surface area contributed by atoms with Gasteiger partial charge in [0.2, 0.25) is 0 Å². The summed E-state index contributed by atoms with van der Waals surface area (Å²) in [6.07, 6.45) is 11.1. The van der Waals surface area contributed by atoms with E-state index in [0.29, 0.717) is 16.7 Å². The van der Waals surface area contributed by atoms with Crippen molar-refractivity contribution in [3.05, 3.63) is 0 Å². The first-order valence-electron chi connectivity index (χ1n) is 10.2. The van der Waals surface area contributed by atoms with E-state index in [1.165, 1.54) is 44.9 Å². The largest absolute Gasteiger partial charge is 0.393 e. The van der Waals surface area contributed by atoms with Crippen LogP contribution in [0.15, 0.2) is 0 Å². The maximum absolute atomic E-state index is 10.3. The van der Waals surface area contributed by atoms with Crippen molar-refractivity contribution in [2.45, 2.75) is 90.8 Å². The van der Waals surface area contributed by atoms with Crippen LogP contribution >= 0.6 is 0 Å². The van der Waals surface area contributed by atoms with Crippen LogP contribution in [0.2, 0.25) is 0 Å². The quantitative estimate of drug-likeness (QED) is 0.752. The maximum Gasteiger partial charge on any atom is 0.0545 e. The summed E-state index contributed by atoms with van der Waals surface area (Å²) in [5.41, 5.74) is 0.860. The molecule has 9 atom stereocenters. The average molecular weight is 321 g/mol. The molecule has 0 radical (unpaired) electrons. The van der Waals surface area contributed by atoms with Crippen molar-refractivity contribution in [3.8, 4) is 0 Å². The Kier molecular flexibility index (Phi) is 3.89. The molecule has 4 rings (SSSR count). The van der Waals surface area contributed by atoms with E-state index in [1.54, 1.807) is 0 Å². The number of rotatable bonds is 1. The van der Waals surface area contributed by atoms with Gasteiger partial charge in [0.05, 0.1) is 12.2 Å². The van der Waals surface area contributed by atoms with Crippen molar-refractivity contribution < 1.29 is 10.2 Å². The van der Waals surface area contributed by atoms with E-state index >= 15 is 0 Å². The van der Waals surface area contributed by atoms with Crippen molar-refractivity contribution in [1.29, 1.82) is 0 Å². The van der Waals surface area contributed by atoms with Crippen LogP contribution in [0.25, 0.3) is 0 Å². The standard InChI is InChI=1S/C21H36O2/c1-13(22)17-6-7-18-16-5-4-14-12-15(23)8-10-20(14,2)19(16)9-11-21(17,18)3/h13-19,22-23H,4-12H2,1-3H3/t13-,14?,15?,16-,17+,18-,19-,20-,21+/m0/s1. The summed E-state index contributed by atoms with van der Waals surface area (Å²) >= 11 is 0. The molecule has 2 heteroatoms. The second kappa shape index (κ2) is 5.46. The molecule has 2 nitrogen and oxygen atoms in total. The van der Waals surface area contributed by atoms with E-state index < -0.39 is 0 Å². The smallest absolute Gasteiger partial charge is 0.0545 e. The molecule has 2 unspecified atom stereocenters. The first-order valence-corrected chi connectivity index (χ1v) is 10.2. The molecule has 0 heterocycles. The topological polar surface area (TPSA) is 40.5 Å². The van der Waals surface area contributed by atoms with E-state index in [1.807, 2.05) is 6.92 Å². The lowest BCUT2D eigenvalue weighted by Gasteiger charge is -2.61. The lowest BCUT2D eigenvalue weighted by molar-refractivity contribution is -0.132. The number of fused-ring (bicyclic) bond motifs is 5. The molecule has 2 N–H and O–H groups in total. The summed E-state index contributed by atoms with van der Waals surface area (Å²) in [5, 5.41) is 20.4. The molecule has 0 aromatic heterocycles. The van der Waals surface area contributed by atoms with E-state index in [9.17, 15) is 10.2 Å². The van der Waals surface area contributed by atoms with Crippen LogP contribution in [0.1, 0.15) is 78.6 Å². The van der Waals surface area contributed by atoms with Gasteiger partial charge in [0, 0.05) is 0 Å². The molecule has 23 heavy (non-hydrogen) atoms. The predicted octanol–water partition coefficient (Wildman–Crippen LogP) is 4.39. The minimum atomic E-state index is -0.140. The van der Waals surface area contributed by atoms with Gasteiger partial charge in [-0.15, -0.1) is 0 Å². The molecule has 4 fully saturated rings. The predicted molar refractivity (Wildman–Crippen MR) is 92.9 cm³/mol. The highest BCUT2D eigenvalue weighted by molar-refractivity contribution is 5.09. The zero-order chi connectivity index (χ0) is 16.4. The van der Waals surface area contributed by atoms with Crippen LogP contribution in [-0.4, -0.2) is 22.4 Å². The second-order valence-electron chi connectivity index (χ2n) is 10.1. The first-order chi connectivity index (χ1) is 10.9. The molecule has 0 spiro atoms. The average Bonchev–Trinajstić information content (AvgIpc) is 2.85. The monoisotopic (exact) mass is 320 g/mol. The fourth-order valence-corrected chi connectivity index (χ4v) is 8.07. The SMILES string of the molecule is C[C@H](O)[C@H]1CC[C@H]2[C@@H]3CCC4CC(O)CC[C@]4(C)[C@H]3CC[C@]12C. The highest BCUT2D eigenvalue weighted by Crippen LogP contribution is 2.67. The lowest BCUT2D eigenvalue weighted by atomic mass is 9.44. The Bertz CT molecular complexity index is 461. The van der Waals surface area contributed by atoms with Gasteiger partial charge in [-0.2, -0.15) is 0 Å². The van der Waals surface area contributed by atoms with Crippen LogP contribution in [0.4, 0.5) is 0 Å². The molecule has 132 valence electrons. The third-order valence-electron chi connectivity index (χ3n) is 9.29. The Morgan fingerprint density at radius 2 is 1.57 bits per heavy atom. The molecule has 4 aliphatic carbocycles. The second-order valence-corrected chi connectivity index (χ2v) is 10.1. The van der Waals surface area contributed by atoms with Crippen molar-refractivity contribution in [3.63, 3.8) is 0 Å². The molecule has 0 saturated heterocycles. The fraction of sp³-hybridized carbons (Fsp3) is 1.00.